The van der Waals surface area contributed by atoms with Crippen molar-refractivity contribution < 1.29 is 0 Å². The second-order valence-electron chi connectivity index (χ2n) is 17.6. The summed E-state index contributed by atoms with van der Waals surface area (Å²) in [6.07, 6.45) is 0. The molecule has 0 fully saturated rings. The Bertz CT molecular complexity index is 4090. The van der Waals surface area contributed by atoms with Crippen LogP contribution < -0.4 is 9.80 Å². The number of benzene rings is 11. The molecule has 3 heteroatoms. The molecule has 0 unspecified atom stereocenters. The highest BCUT2D eigenvalue weighted by molar-refractivity contribution is 7.26. The number of nitrogens with zero attached hydrogens (tertiary/aromatic N) is 2. The van der Waals surface area contributed by atoms with Gasteiger partial charge in [0.25, 0.3) is 0 Å². The Balaban J connectivity index is 1.12. The number of hydrogen-bond acceptors (Lipinski definition) is 3. The van der Waals surface area contributed by atoms with E-state index in [0.29, 0.717) is 0 Å². The normalized spacial score (nSPS) is 11.5. The van der Waals surface area contributed by atoms with Crippen LogP contribution in [0.2, 0.25) is 0 Å². The molecule has 0 N–H and O–H groups in total. The van der Waals surface area contributed by atoms with E-state index in [-0.39, 0.29) is 0 Å². The van der Waals surface area contributed by atoms with E-state index in [1.807, 2.05) is 11.3 Å². The van der Waals surface area contributed by atoms with E-state index in [0.717, 1.165) is 39.5 Å². The summed E-state index contributed by atoms with van der Waals surface area (Å²) in [5.74, 6) is 0. The van der Waals surface area contributed by atoms with Gasteiger partial charge in [-0.25, -0.2) is 0 Å². The average molecular weight is 897 g/mol. The van der Waals surface area contributed by atoms with Gasteiger partial charge in [-0.3, -0.25) is 0 Å². The maximum atomic E-state index is 2.49. The summed E-state index contributed by atoms with van der Waals surface area (Å²) in [6.45, 7) is 0. The molecule has 0 radical (unpaired) electrons. The van der Waals surface area contributed by atoms with Gasteiger partial charge in [0.05, 0.1) is 5.69 Å². The zero-order valence-electron chi connectivity index (χ0n) is 37.7. The molecule has 12 aromatic carbocycles. The highest BCUT2D eigenvalue weighted by Crippen LogP contribution is 2.50. The molecule has 0 spiro atoms. The van der Waals surface area contributed by atoms with Crippen molar-refractivity contribution >= 4 is 119 Å². The smallest absolute Gasteiger partial charge is 0.0561 e. The summed E-state index contributed by atoms with van der Waals surface area (Å²) in [7, 11) is 0. The van der Waals surface area contributed by atoms with Crippen LogP contribution in [0.15, 0.2) is 267 Å². The van der Waals surface area contributed by atoms with E-state index in [2.05, 4.69) is 277 Å². The van der Waals surface area contributed by atoms with E-state index in [1.165, 1.54) is 79.8 Å². The molecule has 0 bridgehead atoms. The third-order valence-corrected chi connectivity index (χ3v) is 14.8. The van der Waals surface area contributed by atoms with Crippen molar-refractivity contribution in [3.63, 3.8) is 0 Å². The van der Waals surface area contributed by atoms with Crippen molar-refractivity contribution in [2.75, 3.05) is 9.80 Å². The highest BCUT2D eigenvalue weighted by Gasteiger charge is 2.23. The van der Waals surface area contributed by atoms with E-state index < -0.39 is 0 Å². The zero-order chi connectivity index (χ0) is 45.7. The molecule has 2 nitrogen and oxygen atoms in total. The first-order valence-corrected chi connectivity index (χ1v) is 24.4. The van der Waals surface area contributed by atoms with Crippen molar-refractivity contribution in [1.82, 2.24) is 0 Å². The Morgan fingerprint density at radius 2 is 0.696 bits per heavy atom. The Kier molecular flexibility index (Phi) is 10.1. The molecule has 0 saturated heterocycles. The summed E-state index contributed by atoms with van der Waals surface area (Å²) in [5, 5.41) is 14.5. The van der Waals surface area contributed by atoms with Crippen LogP contribution in [-0.4, -0.2) is 0 Å². The molecule has 0 aliphatic heterocycles. The Hall–Kier alpha value is -8.76. The van der Waals surface area contributed by atoms with E-state index >= 15 is 0 Å². The largest absolute Gasteiger partial charge is 0.310 e. The average Bonchev–Trinajstić information content (AvgIpc) is 3.81. The lowest BCUT2D eigenvalue weighted by Gasteiger charge is -2.27. The second-order valence-corrected chi connectivity index (χ2v) is 18.7. The van der Waals surface area contributed by atoms with Crippen LogP contribution in [0.4, 0.5) is 34.1 Å². The second kappa shape index (κ2) is 17.2. The topological polar surface area (TPSA) is 6.48 Å². The molecule has 0 aliphatic rings. The molecule has 324 valence electrons. The minimum Gasteiger partial charge on any atom is -0.310 e. The Morgan fingerprint density at radius 1 is 0.261 bits per heavy atom. The van der Waals surface area contributed by atoms with E-state index in [4.69, 9.17) is 0 Å². The van der Waals surface area contributed by atoms with Gasteiger partial charge in [0.1, 0.15) is 0 Å². The molecule has 0 amide bonds. The molecule has 0 aliphatic carbocycles. The summed E-state index contributed by atoms with van der Waals surface area (Å²) in [4.78, 5) is 4.84. The molecule has 0 atom stereocenters. The number of hydrogen-bond donors (Lipinski definition) is 0. The number of rotatable bonds is 7. The van der Waals surface area contributed by atoms with Crippen LogP contribution >= 0.6 is 11.3 Å². The third-order valence-electron chi connectivity index (χ3n) is 13.6. The zero-order valence-corrected chi connectivity index (χ0v) is 38.5. The number of anilines is 6. The summed E-state index contributed by atoms with van der Waals surface area (Å²) >= 11 is 1.88. The summed E-state index contributed by atoms with van der Waals surface area (Å²) < 4.78 is 2.51. The summed E-state index contributed by atoms with van der Waals surface area (Å²) in [6, 6.07) is 97.7. The van der Waals surface area contributed by atoms with Crippen LogP contribution in [0.5, 0.6) is 0 Å². The number of thiophene rings is 1. The van der Waals surface area contributed by atoms with Gasteiger partial charge in [0.2, 0.25) is 0 Å². The summed E-state index contributed by atoms with van der Waals surface area (Å²) in [5.41, 5.74) is 9.05. The maximum absolute atomic E-state index is 2.49. The van der Waals surface area contributed by atoms with Gasteiger partial charge in [-0.05, 0) is 138 Å². The van der Waals surface area contributed by atoms with Gasteiger partial charge in [-0.2, -0.15) is 0 Å². The quantitative estimate of drug-likeness (QED) is 0.157. The van der Waals surface area contributed by atoms with Crippen molar-refractivity contribution in [1.29, 1.82) is 0 Å². The standard InChI is InChI=1S/C66H44N2S/c1-5-21-45(22-6-1)61-41-47-37-38-51(43-62(47)59-36-20-18-34-57(59)55-32-16-15-31-54(55)56-33-17-19-35-58(56)61)68(50-28-11-4-12-29-50)63-42-46-23-13-14-30-53(46)66-65(63)60-40-39-52(44-64(60)69-66)67(48-24-7-2-8-25-48)49-26-9-3-10-27-49/h1-44H. The van der Waals surface area contributed by atoms with Gasteiger partial charge < -0.3 is 9.80 Å². The van der Waals surface area contributed by atoms with Crippen molar-refractivity contribution in [2.24, 2.45) is 0 Å². The van der Waals surface area contributed by atoms with Gasteiger partial charge >= 0.3 is 0 Å². The van der Waals surface area contributed by atoms with Gasteiger partial charge in [0.15, 0.2) is 0 Å². The monoisotopic (exact) mass is 896 g/mol. The van der Waals surface area contributed by atoms with E-state index in [1.54, 1.807) is 0 Å². The first kappa shape index (κ1) is 40.5. The highest BCUT2D eigenvalue weighted by atomic mass is 32.1. The Labute approximate surface area is 405 Å². The molecule has 1 aromatic heterocycles. The fourth-order valence-corrected chi connectivity index (χ4v) is 11.8. The third kappa shape index (κ3) is 7.11. The lowest BCUT2D eigenvalue weighted by molar-refractivity contribution is 1.29. The predicted molar refractivity (Wildman–Crippen MR) is 299 cm³/mol. The predicted octanol–water partition coefficient (Wildman–Crippen LogP) is 19.6. The van der Waals surface area contributed by atoms with Crippen LogP contribution in [0.3, 0.4) is 0 Å². The van der Waals surface area contributed by atoms with Crippen molar-refractivity contribution in [2.45, 2.75) is 0 Å². The van der Waals surface area contributed by atoms with Crippen LogP contribution in [-0.2, 0) is 0 Å². The van der Waals surface area contributed by atoms with Crippen LogP contribution in [0.1, 0.15) is 0 Å². The maximum Gasteiger partial charge on any atom is 0.0561 e. The molecular weight excluding hydrogens is 853 g/mol. The van der Waals surface area contributed by atoms with Gasteiger partial charge in [-0.1, -0.05) is 194 Å². The molecular formula is C66H44N2S. The first-order valence-electron chi connectivity index (χ1n) is 23.6. The molecule has 69 heavy (non-hydrogen) atoms. The lowest BCUT2D eigenvalue weighted by Crippen LogP contribution is -2.10. The molecule has 1 heterocycles. The van der Waals surface area contributed by atoms with Gasteiger partial charge in [-0.15, -0.1) is 11.3 Å². The van der Waals surface area contributed by atoms with E-state index in [9.17, 15) is 0 Å². The van der Waals surface area contributed by atoms with Crippen LogP contribution in [0, 0.1) is 0 Å². The van der Waals surface area contributed by atoms with Crippen LogP contribution in [0.25, 0.3) is 85.2 Å². The number of fused-ring (bicyclic) bond motifs is 12. The first-order chi connectivity index (χ1) is 34.2. The minimum absolute atomic E-state index is 1.09. The molecule has 13 rings (SSSR count). The molecule has 13 aromatic rings. The van der Waals surface area contributed by atoms with Crippen molar-refractivity contribution in [3.05, 3.63) is 267 Å². The Morgan fingerprint density at radius 3 is 1.29 bits per heavy atom. The minimum atomic E-state index is 1.09. The fraction of sp³-hybridized carbons (Fsp3) is 0. The molecule has 0 saturated carbocycles. The van der Waals surface area contributed by atoms with Crippen molar-refractivity contribution in [3.8, 4) is 11.1 Å². The fourth-order valence-electron chi connectivity index (χ4n) is 10.5. The lowest BCUT2D eigenvalue weighted by atomic mass is 9.93. The number of para-hydroxylation sites is 3. The van der Waals surface area contributed by atoms with Gasteiger partial charge in [0, 0.05) is 48.6 Å². The SMILES string of the molecule is c1ccc(-c2cc3ccc(N(c4ccccc4)c4cc5ccccc5c5sc6cc(N(c7ccccc7)c7ccccc7)ccc6c45)cc3c3ccccc3c3ccccc3c3ccccc23)cc1.